The third-order valence-electron chi connectivity index (χ3n) is 1.18. The van der Waals surface area contributed by atoms with Gasteiger partial charge in [-0.1, -0.05) is 0 Å². The molecule has 0 bridgehead atoms. The summed E-state index contributed by atoms with van der Waals surface area (Å²) in [5.74, 6) is -0.776. The minimum absolute atomic E-state index is 0.776. The second kappa shape index (κ2) is 4.49. The molecule has 0 heterocycles. The van der Waals surface area contributed by atoms with E-state index in [4.69, 9.17) is 14.2 Å². The van der Waals surface area contributed by atoms with E-state index in [2.05, 4.69) is 0 Å². The predicted molar refractivity (Wildman–Crippen MR) is 35.7 cm³/mol. The summed E-state index contributed by atoms with van der Waals surface area (Å²) in [7, 11) is 4.72. The van der Waals surface area contributed by atoms with E-state index >= 15 is 0 Å². The zero-order chi connectivity index (χ0) is 7.33. The summed E-state index contributed by atoms with van der Waals surface area (Å²) in [4.78, 5) is 0. The average molecular weight is 239 g/mol. The van der Waals surface area contributed by atoms with Crippen molar-refractivity contribution >= 4 is 22.5 Å². The molecule has 0 aromatic rings. The Morgan fingerprint density at radius 1 is 1.11 bits per heavy atom. The van der Waals surface area contributed by atoms with Gasteiger partial charge in [0.25, 0.3) is 0 Å². The third kappa shape index (κ3) is 2.41. The van der Waals surface area contributed by atoms with Crippen LogP contribution in [0.3, 0.4) is 0 Å². The Morgan fingerprint density at radius 2 is 1.44 bits per heavy atom. The second-order valence-electron chi connectivity index (χ2n) is 1.50. The molecule has 0 aliphatic carbocycles. The molecule has 0 N–H and O–H groups in total. The van der Waals surface area contributed by atoms with Crippen molar-refractivity contribution in [3.05, 3.63) is 0 Å². The Balaban J connectivity index is 3.82. The van der Waals surface area contributed by atoms with E-state index in [0.717, 1.165) is 27.0 Å². The van der Waals surface area contributed by atoms with Gasteiger partial charge in [0.15, 0.2) is 0 Å². The van der Waals surface area contributed by atoms with Crippen molar-refractivity contribution in [2.75, 3.05) is 21.3 Å². The Hall–Kier alpha value is 0.679. The van der Waals surface area contributed by atoms with Gasteiger partial charge in [0.05, 0.1) is 0 Å². The summed E-state index contributed by atoms with van der Waals surface area (Å²) in [5, 5.41) is 0. The van der Waals surface area contributed by atoms with Crippen LogP contribution in [0.25, 0.3) is 0 Å². The molecule has 0 unspecified atom stereocenters. The van der Waals surface area contributed by atoms with Gasteiger partial charge < -0.3 is 0 Å². The van der Waals surface area contributed by atoms with E-state index in [-0.39, 0.29) is 0 Å². The number of hydrogen-bond acceptors (Lipinski definition) is 3. The fourth-order valence-corrected chi connectivity index (χ4v) is 1.93. The second-order valence-corrected chi connectivity index (χ2v) is 2.66. The van der Waals surface area contributed by atoms with Gasteiger partial charge >= 0.3 is 68.5 Å². The molecule has 9 heavy (non-hydrogen) atoms. The molecule has 0 aromatic heterocycles. The van der Waals surface area contributed by atoms with Crippen molar-refractivity contribution in [3.8, 4) is 0 Å². The van der Waals surface area contributed by atoms with Gasteiger partial charge in [0.2, 0.25) is 0 Å². The average Bonchev–Trinajstić information content (AvgIpc) is 1.95. The molecule has 0 aromatic carbocycles. The zero-order valence-electron chi connectivity index (χ0n) is 6.01. The van der Waals surface area contributed by atoms with Crippen LogP contribution in [-0.2, 0) is 14.2 Å². The van der Waals surface area contributed by atoms with Crippen LogP contribution in [0.15, 0.2) is 0 Å². The van der Waals surface area contributed by atoms with Gasteiger partial charge in [-0.25, -0.2) is 0 Å². The van der Waals surface area contributed by atoms with Gasteiger partial charge in [-0.3, -0.25) is 0 Å². The summed E-state index contributed by atoms with van der Waals surface area (Å²) in [6.45, 7) is 0. The zero-order valence-corrected chi connectivity index (χ0v) is 9.30. The van der Waals surface area contributed by atoms with Crippen molar-refractivity contribution < 1.29 is 14.2 Å². The van der Waals surface area contributed by atoms with Crippen molar-refractivity contribution in [3.63, 3.8) is 0 Å². The normalized spacial score (nSPS) is 12.0. The first-order valence-corrected chi connectivity index (χ1v) is 4.93. The molecule has 0 amide bonds. The molecule has 0 saturated carbocycles. The van der Waals surface area contributed by atoms with Crippen LogP contribution in [0.5, 0.6) is 0 Å². The van der Waals surface area contributed by atoms with Crippen LogP contribution in [-0.4, -0.2) is 49.8 Å². The van der Waals surface area contributed by atoms with Crippen LogP contribution in [0.1, 0.15) is 0 Å². The number of ether oxygens (including phenoxy) is 3. The molecule has 4 heteroatoms. The maximum absolute atomic E-state index is 4.97. The van der Waals surface area contributed by atoms with Crippen LogP contribution in [0, 0.1) is 0 Å². The standard InChI is InChI=1S/C5H11O3.Sn.H/c1-5(6-2,7-3)8-4;;/h1H2,2-4H3;;. The van der Waals surface area contributed by atoms with Gasteiger partial charge in [0.1, 0.15) is 0 Å². The van der Waals surface area contributed by atoms with Crippen molar-refractivity contribution in [2.24, 2.45) is 0 Å². The number of rotatable bonds is 4. The molecule has 3 nitrogen and oxygen atoms in total. The Morgan fingerprint density at radius 3 is 1.44 bits per heavy atom. The Kier molecular flexibility index (Phi) is 4.83. The van der Waals surface area contributed by atoms with Crippen molar-refractivity contribution in [1.29, 1.82) is 0 Å². The first-order chi connectivity index (χ1) is 4.24. The molecule has 0 saturated heterocycles. The SMILES string of the molecule is COC([CH2][SnH])(OC)OC. The monoisotopic (exact) mass is 240 g/mol. The Labute approximate surface area is 68.7 Å². The molecule has 0 atom stereocenters. The van der Waals surface area contributed by atoms with Gasteiger partial charge in [-0.2, -0.15) is 0 Å². The summed E-state index contributed by atoms with van der Waals surface area (Å²) in [5.41, 5.74) is 0. The number of methoxy groups -OCH3 is 3. The summed E-state index contributed by atoms with van der Waals surface area (Å²) in [6.07, 6.45) is 0. The minimum atomic E-state index is -0.776. The quantitative estimate of drug-likeness (QED) is 0.506. The molecule has 0 spiro atoms. The first kappa shape index (κ1) is 9.68. The predicted octanol–water partition coefficient (Wildman–Crippen LogP) is -0.102. The maximum atomic E-state index is 4.97. The van der Waals surface area contributed by atoms with Crippen LogP contribution in [0.4, 0.5) is 0 Å². The molecule has 0 aliphatic rings. The van der Waals surface area contributed by atoms with E-state index in [1.54, 1.807) is 21.3 Å². The molecular formula is C5H12O3Sn. The fraction of sp³-hybridized carbons (Fsp3) is 1.00. The van der Waals surface area contributed by atoms with Crippen LogP contribution >= 0.6 is 0 Å². The third-order valence-corrected chi connectivity index (χ3v) is 2.61. The Bertz CT molecular complexity index is 55.1. The van der Waals surface area contributed by atoms with E-state index in [0.29, 0.717) is 0 Å². The van der Waals surface area contributed by atoms with E-state index in [1.807, 2.05) is 0 Å². The molecule has 0 fully saturated rings. The summed E-state index contributed by atoms with van der Waals surface area (Å²) >= 11 is 1.06. The first-order valence-electron chi connectivity index (χ1n) is 2.60. The summed E-state index contributed by atoms with van der Waals surface area (Å²) < 4.78 is 15.7. The number of hydrogen-bond donors (Lipinski definition) is 0. The van der Waals surface area contributed by atoms with E-state index < -0.39 is 5.97 Å². The van der Waals surface area contributed by atoms with Gasteiger partial charge in [0, 0.05) is 0 Å². The topological polar surface area (TPSA) is 27.7 Å². The molecule has 2 radical (unpaired) electrons. The van der Waals surface area contributed by atoms with Crippen LogP contribution < -0.4 is 0 Å². The van der Waals surface area contributed by atoms with Crippen molar-refractivity contribution in [1.82, 2.24) is 0 Å². The molecule has 54 valence electrons. The van der Waals surface area contributed by atoms with Gasteiger partial charge in [-0.05, 0) is 0 Å². The van der Waals surface area contributed by atoms with Crippen LogP contribution in [0.2, 0.25) is 4.44 Å². The van der Waals surface area contributed by atoms with E-state index in [9.17, 15) is 0 Å². The summed E-state index contributed by atoms with van der Waals surface area (Å²) in [6, 6.07) is 0. The molecule has 0 rings (SSSR count). The molecular weight excluding hydrogens is 227 g/mol. The molecule has 0 aliphatic heterocycles. The fourth-order valence-electron chi connectivity index (χ4n) is 0.500. The van der Waals surface area contributed by atoms with Crippen molar-refractivity contribution in [2.45, 2.75) is 10.4 Å². The van der Waals surface area contributed by atoms with E-state index in [1.165, 1.54) is 0 Å². The van der Waals surface area contributed by atoms with Gasteiger partial charge in [-0.15, -0.1) is 0 Å².